The highest BCUT2D eigenvalue weighted by molar-refractivity contribution is 6.31. The van der Waals surface area contributed by atoms with Crippen LogP contribution in [0.3, 0.4) is 0 Å². The van der Waals surface area contributed by atoms with Gasteiger partial charge in [0.2, 0.25) is 11.9 Å². The molecule has 0 saturated heterocycles. The normalized spacial score (nSPS) is 18.5. The van der Waals surface area contributed by atoms with Gasteiger partial charge in [-0.1, -0.05) is 49.6 Å². The number of ether oxygens (including phenoxy) is 1. The fourth-order valence-electron chi connectivity index (χ4n) is 4.55. The van der Waals surface area contributed by atoms with Crippen molar-refractivity contribution in [2.75, 3.05) is 5.32 Å². The molecule has 0 unspecified atom stereocenters. The largest absolute Gasteiger partial charge is 0.481 e. The summed E-state index contributed by atoms with van der Waals surface area (Å²) >= 11 is 6.25. The van der Waals surface area contributed by atoms with Crippen LogP contribution in [-0.4, -0.2) is 28.7 Å². The maximum atomic E-state index is 15.0. The van der Waals surface area contributed by atoms with Crippen LogP contribution in [0.15, 0.2) is 59.5 Å². The number of hydrogen-bond donors (Lipinski definition) is 3. The van der Waals surface area contributed by atoms with Crippen LogP contribution in [-0.2, 0) is 14.3 Å². The molecule has 1 aromatic carbocycles. The number of allylic oxidation sites excluding steroid dienone is 1. The van der Waals surface area contributed by atoms with E-state index in [0.717, 1.165) is 18.4 Å². The number of rotatable bonds is 11. The Kier molecular flexibility index (Phi) is 10.0. The third-order valence-corrected chi connectivity index (χ3v) is 6.86. The van der Waals surface area contributed by atoms with Gasteiger partial charge < -0.3 is 20.5 Å². The number of aliphatic carboxylic acids is 1. The van der Waals surface area contributed by atoms with E-state index in [0.29, 0.717) is 30.0 Å². The number of anilines is 1. The first kappa shape index (κ1) is 28.8. The Labute approximate surface area is 226 Å². The zero-order valence-corrected chi connectivity index (χ0v) is 22.2. The summed E-state index contributed by atoms with van der Waals surface area (Å²) in [5.41, 5.74) is 1.69. The van der Waals surface area contributed by atoms with Crippen molar-refractivity contribution >= 4 is 41.6 Å². The fraction of sp³-hybridized carbons (Fsp3) is 0.357. The van der Waals surface area contributed by atoms with Crippen LogP contribution >= 0.6 is 11.6 Å². The molecule has 38 heavy (non-hydrogen) atoms. The Hall–Kier alpha value is -3.72. The standard InChI is InChI=1S/C28H32ClFN4O4/c1-5-22(32-17(3)38-16(2)18-10-8-9-13-21(18)29)25(31-4)23-14-15-24(26(30)33-23)34-27(35)19-11-6-7-12-20(19)28(36)37/h8-10,13-16,19-20,32H,3-7,11-12H2,1-2H3,(H,34,35)(H,36,37)/b25-22+/t16-,19+,20+/m1/s1. The van der Waals surface area contributed by atoms with Gasteiger partial charge in [0, 0.05) is 16.3 Å². The number of amides is 1. The Morgan fingerprint density at radius 2 is 1.92 bits per heavy atom. The predicted octanol–water partition coefficient (Wildman–Crippen LogP) is 6.32. The maximum Gasteiger partial charge on any atom is 0.307 e. The smallest absolute Gasteiger partial charge is 0.307 e. The van der Waals surface area contributed by atoms with E-state index < -0.39 is 29.7 Å². The Morgan fingerprint density at radius 3 is 2.53 bits per heavy atom. The lowest BCUT2D eigenvalue weighted by atomic mass is 9.78. The molecule has 10 heteroatoms. The first-order valence-corrected chi connectivity index (χ1v) is 12.8. The lowest BCUT2D eigenvalue weighted by molar-refractivity contribution is -0.147. The Bertz CT molecular complexity index is 1250. The minimum atomic E-state index is -1.02. The van der Waals surface area contributed by atoms with Gasteiger partial charge in [-0.15, -0.1) is 0 Å². The van der Waals surface area contributed by atoms with E-state index in [2.05, 4.69) is 33.9 Å². The summed E-state index contributed by atoms with van der Waals surface area (Å²) in [6.07, 6.45) is 2.43. The Balaban J connectivity index is 1.75. The average molecular weight is 543 g/mol. The summed E-state index contributed by atoms with van der Waals surface area (Å²) in [6, 6.07) is 10.2. The quantitative estimate of drug-likeness (QED) is 0.174. The average Bonchev–Trinajstić information content (AvgIpc) is 2.89. The summed E-state index contributed by atoms with van der Waals surface area (Å²) in [6.45, 7) is 11.2. The van der Waals surface area contributed by atoms with E-state index in [1.807, 2.05) is 32.0 Å². The molecule has 1 fully saturated rings. The van der Waals surface area contributed by atoms with Crippen LogP contribution in [0.2, 0.25) is 5.02 Å². The van der Waals surface area contributed by atoms with Crippen LogP contribution in [0.25, 0.3) is 5.70 Å². The number of carboxylic acids is 1. The van der Waals surface area contributed by atoms with Gasteiger partial charge in [0.05, 0.1) is 23.2 Å². The molecule has 3 atom stereocenters. The summed E-state index contributed by atoms with van der Waals surface area (Å²) < 4.78 is 20.8. The number of carboxylic acid groups (broad SMARTS) is 1. The highest BCUT2D eigenvalue weighted by Gasteiger charge is 2.36. The molecule has 2 aromatic rings. The van der Waals surface area contributed by atoms with E-state index in [1.165, 1.54) is 12.1 Å². The van der Waals surface area contributed by atoms with Crippen LogP contribution in [0.5, 0.6) is 0 Å². The number of carbonyl (C=O) groups is 2. The number of nitrogens with zero attached hydrogens (tertiary/aromatic N) is 2. The number of aliphatic imine (C=N–C) groups is 1. The molecule has 0 aliphatic heterocycles. The molecule has 1 aromatic heterocycles. The molecule has 1 amide bonds. The maximum absolute atomic E-state index is 15.0. The Morgan fingerprint density at radius 1 is 1.24 bits per heavy atom. The SMILES string of the molecule is C=N/C(=C(\CC)NC(=C)O[C@H](C)c1ccccc1Cl)c1ccc(NC(=O)[C@H]2CCCC[C@@H]2C(=O)O)c(F)n1. The van der Waals surface area contributed by atoms with E-state index in [4.69, 9.17) is 16.3 Å². The molecule has 1 aliphatic rings. The summed E-state index contributed by atoms with van der Waals surface area (Å²) in [5.74, 6) is -3.73. The van der Waals surface area contributed by atoms with Crippen molar-refractivity contribution in [3.05, 3.63) is 76.8 Å². The number of hydrogen-bond acceptors (Lipinski definition) is 6. The van der Waals surface area contributed by atoms with E-state index in [9.17, 15) is 19.1 Å². The minimum Gasteiger partial charge on any atom is -0.481 e. The first-order chi connectivity index (χ1) is 18.2. The third kappa shape index (κ3) is 6.98. The molecular weight excluding hydrogens is 511 g/mol. The number of carbonyl (C=O) groups excluding carboxylic acids is 1. The topological polar surface area (TPSA) is 113 Å². The lowest BCUT2D eigenvalue weighted by Gasteiger charge is -2.27. The predicted molar refractivity (Wildman–Crippen MR) is 146 cm³/mol. The fourth-order valence-corrected chi connectivity index (χ4v) is 4.84. The zero-order chi connectivity index (χ0) is 27.8. The number of halogens is 2. The molecule has 3 rings (SSSR count). The van der Waals surface area contributed by atoms with Gasteiger partial charge in [-0.25, -0.2) is 4.98 Å². The van der Waals surface area contributed by atoms with Gasteiger partial charge in [-0.05, 0) is 57.7 Å². The summed E-state index contributed by atoms with van der Waals surface area (Å²) in [4.78, 5) is 32.3. The van der Waals surface area contributed by atoms with Gasteiger partial charge in [0.25, 0.3) is 0 Å². The zero-order valence-electron chi connectivity index (χ0n) is 21.5. The van der Waals surface area contributed by atoms with E-state index >= 15 is 0 Å². The monoisotopic (exact) mass is 542 g/mol. The molecule has 3 N–H and O–H groups in total. The van der Waals surface area contributed by atoms with Gasteiger partial charge >= 0.3 is 5.97 Å². The second-order valence-electron chi connectivity index (χ2n) is 9.03. The molecule has 1 aliphatic carbocycles. The van der Waals surface area contributed by atoms with Gasteiger partial charge in [-0.3, -0.25) is 14.6 Å². The third-order valence-electron chi connectivity index (χ3n) is 6.52. The van der Waals surface area contributed by atoms with Crippen molar-refractivity contribution in [2.24, 2.45) is 16.8 Å². The highest BCUT2D eigenvalue weighted by Crippen LogP contribution is 2.32. The van der Waals surface area contributed by atoms with Crippen molar-refractivity contribution in [3.8, 4) is 0 Å². The lowest BCUT2D eigenvalue weighted by Crippen LogP contribution is -2.36. The second kappa shape index (κ2) is 13.2. The van der Waals surface area contributed by atoms with Crippen molar-refractivity contribution in [3.63, 3.8) is 0 Å². The number of aromatic nitrogens is 1. The van der Waals surface area contributed by atoms with Crippen molar-refractivity contribution in [2.45, 2.75) is 52.1 Å². The van der Waals surface area contributed by atoms with E-state index in [1.54, 1.807) is 6.07 Å². The number of benzene rings is 1. The van der Waals surface area contributed by atoms with Crippen LogP contribution in [0.4, 0.5) is 10.1 Å². The number of nitrogens with one attached hydrogen (secondary N) is 2. The van der Waals surface area contributed by atoms with Crippen molar-refractivity contribution in [1.29, 1.82) is 0 Å². The molecule has 0 spiro atoms. The molecule has 0 radical (unpaired) electrons. The molecule has 8 nitrogen and oxygen atoms in total. The van der Waals surface area contributed by atoms with Gasteiger partial charge in [-0.2, -0.15) is 4.39 Å². The van der Waals surface area contributed by atoms with Gasteiger partial charge in [0.15, 0.2) is 5.88 Å². The molecular formula is C28H32ClFN4O4. The molecule has 1 saturated carbocycles. The van der Waals surface area contributed by atoms with Gasteiger partial charge in [0.1, 0.15) is 11.8 Å². The van der Waals surface area contributed by atoms with E-state index in [-0.39, 0.29) is 29.1 Å². The summed E-state index contributed by atoms with van der Waals surface area (Å²) in [5, 5.41) is 15.6. The number of pyridine rings is 1. The van der Waals surface area contributed by atoms with Crippen LogP contribution in [0, 0.1) is 17.8 Å². The molecule has 202 valence electrons. The van der Waals surface area contributed by atoms with Crippen LogP contribution < -0.4 is 10.6 Å². The second-order valence-corrected chi connectivity index (χ2v) is 9.44. The van der Waals surface area contributed by atoms with Crippen LogP contribution in [0.1, 0.15) is 63.3 Å². The van der Waals surface area contributed by atoms with Crippen molar-refractivity contribution < 1.29 is 23.8 Å². The summed E-state index contributed by atoms with van der Waals surface area (Å²) in [7, 11) is 0. The van der Waals surface area contributed by atoms with Crippen molar-refractivity contribution in [1.82, 2.24) is 10.3 Å². The highest BCUT2D eigenvalue weighted by atomic mass is 35.5. The molecule has 1 heterocycles. The first-order valence-electron chi connectivity index (χ1n) is 12.4. The minimum absolute atomic E-state index is 0.135. The molecule has 0 bridgehead atoms.